The minimum atomic E-state index is -0.366. The average Bonchev–Trinajstić information content (AvgIpc) is 3.47. The molecule has 1 aliphatic rings. The van der Waals surface area contributed by atoms with E-state index in [0.717, 1.165) is 30.6 Å². The van der Waals surface area contributed by atoms with Crippen LogP contribution in [0.25, 0.3) is 0 Å². The summed E-state index contributed by atoms with van der Waals surface area (Å²) >= 11 is 2.81. The van der Waals surface area contributed by atoms with E-state index in [-0.39, 0.29) is 29.1 Å². The van der Waals surface area contributed by atoms with Gasteiger partial charge in [-0.1, -0.05) is 51.6 Å². The Bertz CT molecular complexity index is 1340. The van der Waals surface area contributed by atoms with E-state index in [0.29, 0.717) is 40.6 Å². The van der Waals surface area contributed by atoms with E-state index >= 15 is 0 Å². The van der Waals surface area contributed by atoms with Crippen LogP contribution in [0.15, 0.2) is 29.4 Å². The summed E-state index contributed by atoms with van der Waals surface area (Å²) < 4.78 is 13.5. The van der Waals surface area contributed by atoms with Crippen LogP contribution in [-0.2, 0) is 34.3 Å². The zero-order valence-corrected chi connectivity index (χ0v) is 26.1. The van der Waals surface area contributed by atoms with E-state index < -0.39 is 0 Å². The lowest BCUT2D eigenvalue weighted by Gasteiger charge is -2.20. The second-order valence-electron chi connectivity index (χ2n) is 11.2. The second kappa shape index (κ2) is 12.8. The van der Waals surface area contributed by atoms with Crippen LogP contribution in [-0.4, -0.2) is 39.0 Å². The fourth-order valence-corrected chi connectivity index (χ4v) is 7.07. The first-order chi connectivity index (χ1) is 19.0. The molecule has 2 heterocycles. The molecule has 0 spiro atoms. The summed E-state index contributed by atoms with van der Waals surface area (Å²) in [5, 5.41) is 13.0. The standard InChI is InChI=1S/C30H40N4O4S2/c1-8-34-26(19(4)38-21-13-11-20(12-14-21)30(5,6)7)32-33-29(34)39-17-24(35)31-27-25(28(36)37-9-2)22-15-10-18(3)16-23(22)40-27/h11-14,18-19H,8-10,15-17H2,1-7H3,(H,31,35). The van der Waals surface area contributed by atoms with Gasteiger partial charge in [0.15, 0.2) is 17.1 Å². The van der Waals surface area contributed by atoms with Crippen molar-refractivity contribution in [2.75, 3.05) is 17.7 Å². The fraction of sp³-hybridized carbons (Fsp3) is 0.533. The van der Waals surface area contributed by atoms with Crippen LogP contribution in [0.3, 0.4) is 0 Å². The number of nitrogens with one attached hydrogen (secondary N) is 1. The van der Waals surface area contributed by atoms with Crippen molar-refractivity contribution in [3.63, 3.8) is 0 Å². The Morgan fingerprint density at radius 1 is 1.20 bits per heavy atom. The van der Waals surface area contributed by atoms with Crippen LogP contribution in [0.2, 0.25) is 0 Å². The van der Waals surface area contributed by atoms with Gasteiger partial charge in [0.05, 0.1) is 17.9 Å². The first-order valence-corrected chi connectivity index (χ1v) is 15.8. The first-order valence-electron chi connectivity index (χ1n) is 14.0. The van der Waals surface area contributed by atoms with Crippen LogP contribution in [0.5, 0.6) is 5.75 Å². The highest BCUT2D eigenvalue weighted by Crippen LogP contribution is 2.40. The number of ether oxygens (including phenoxy) is 2. The molecule has 2 aromatic heterocycles. The minimum Gasteiger partial charge on any atom is -0.483 e. The molecule has 2 unspecified atom stereocenters. The van der Waals surface area contributed by atoms with Gasteiger partial charge in [0.2, 0.25) is 5.91 Å². The van der Waals surface area contributed by atoms with E-state index in [1.807, 2.05) is 30.5 Å². The molecule has 0 saturated heterocycles. The summed E-state index contributed by atoms with van der Waals surface area (Å²) in [6.45, 7) is 15.5. The fourth-order valence-electron chi connectivity index (χ4n) is 4.85. The van der Waals surface area contributed by atoms with Crippen molar-refractivity contribution >= 4 is 40.0 Å². The molecule has 1 amide bonds. The summed E-state index contributed by atoms with van der Waals surface area (Å²) in [5.41, 5.74) is 2.87. The molecule has 0 aliphatic heterocycles. The van der Waals surface area contributed by atoms with Crippen molar-refractivity contribution in [1.82, 2.24) is 14.8 Å². The average molecular weight is 585 g/mol. The number of rotatable bonds is 10. The molecule has 4 rings (SSSR count). The minimum absolute atomic E-state index is 0.0762. The van der Waals surface area contributed by atoms with Crippen molar-refractivity contribution in [2.24, 2.45) is 5.92 Å². The molecule has 10 heteroatoms. The van der Waals surface area contributed by atoms with Crippen molar-refractivity contribution in [1.29, 1.82) is 0 Å². The Kier molecular flexibility index (Phi) is 9.61. The second-order valence-corrected chi connectivity index (χ2v) is 13.3. The van der Waals surface area contributed by atoms with Crippen LogP contribution in [0.4, 0.5) is 5.00 Å². The third-order valence-electron chi connectivity index (χ3n) is 7.04. The van der Waals surface area contributed by atoms with Gasteiger partial charge in [-0.25, -0.2) is 4.79 Å². The number of esters is 1. The zero-order chi connectivity index (χ0) is 29.0. The lowest BCUT2D eigenvalue weighted by atomic mass is 9.87. The number of thiophene rings is 1. The Morgan fingerprint density at radius 2 is 1.93 bits per heavy atom. The van der Waals surface area contributed by atoms with Gasteiger partial charge in [0.25, 0.3) is 0 Å². The lowest BCUT2D eigenvalue weighted by molar-refractivity contribution is -0.113. The highest BCUT2D eigenvalue weighted by Gasteiger charge is 2.29. The van der Waals surface area contributed by atoms with Gasteiger partial charge in [-0.2, -0.15) is 0 Å². The summed E-state index contributed by atoms with van der Waals surface area (Å²) in [6, 6.07) is 8.14. The molecule has 0 bridgehead atoms. The maximum Gasteiger partial charge on any atom is 0.341 e. The Morgan fingerprint density at radius 3 is 2.58 bits per heavy atom. The molecule has 8 nitrogen and oxygen atoms in total. The summed E-state index contributed by atoms with van der Waals surface area (Å²) in [6.07, 6.45) is 2.46. The van der Waals surface area contributed by atoms with Gasteiger partial charge in [-0.3, -0.25) is 4.79 Å². The number of anilines is 1. The third kappa shape index (κ3) is 6.89. The normalized spacial score (nSPS) is 15.8. The molecule has 0 radical (unpaired) electrons. The monoisotopic (exact) mass is 584 g/mol. The summed E-state index contributed by atoms with van der Waals surface area (Å²) in [7, 11) is 0. The van der Waals surface area contributed by atoms with Crippen molar-refractivity contribution in [3.8, 4) is 5.75 Å². The number of carbonyl (C=O) groups is 2. The quantitative estimate of drug-likeness (QED) is 0.206. The van der Waals surface area contributed by atoms with E-state index in [1.165, 1.54) is 33.5 Å². The molecule has 1 aromatic carbocycles. The van der Waals surface area contributed by atoms with Crippen molar-refractivity contribution < 1.29 is 19.1 Å². The molecule has 216 valence electrons. The number of hydrogen-bond acceptors (Lipinski definition) is 8. The summed E-state index contributed by atoms with van der Waals surface area (Å²) in [5.74, 6) is 1.61. The van der Waals surface area contributed by atoms with Gasteiger partial charge in [-0.05, 0) is 74.6 Å². The van der Waals surface area contributed by atoms with E-state index in [9.17, 15) is 9.59 Å². The molecule has 1 N–H and O–H groups in total. The maximum absolute atomic E-state index is 13.0. The molecule has 0 fully saturated rings. The van der Waals surface area contributed by atoms with Crippen LogP contribution in [0, 0.1) is 5.92 Å². The van der Waals surface area contributed by atoms with Gasteiger partial charge < -0.3 is 19.4 Å². The molecular formula is C30H40N4O4S2. The topological polar surface area (TPSA) is 95.3 Å². The third-order valence-corrected chi connectivity index (χ3v) is 9.17. The highest BCUT2D eigenvalue weighted by molar-refractivity contribution is 7.99. The predicted molar refractivity (Wildman–Crippen MR) is 161 cm³/mol. The molecule has 3 aromatic rings. The van der Waals surface area contributed by atoms with Crippen molar-refractivity contribution in [3.05, 3.63) is 51.7 Å². The molecule has 40 heavy (non-hydrogen) atoms. The van der Waals surface area contributed by atoms with Gasteiger partial charge >= 0.3 is 5.97 Å². The smallest absolute Gasteiger partial charge is 0.341 e. The summed E-state index contributed by atoms with van der Waals surface area (Å²) in [4.78, 5) is 27.0. The predicted octanol–water partition coefficient (Wildman–Crippen LogP) is 6.83. The maximum atomic E-state index is 13.0. The van der Waals surface area contributed by atoms with E-state index in [4.69, 9.17) is 9.47 Å². The van der Waals surface area contributed by atoms with Gasteiger partial charge in [0.1, 0.15) is 10.8 Å². The molecule has 2 atom stereocenters. The molecular weight excluding hydrogens is 544 g/mol. The number of aromatic nitrogens is 3. The van der Waals surface area contributed by atoms with Crippen LogP contribution < -0.4 is 10.1 Å². The Labute approximate surface area is 245 Å². The number of hydrogen-bond donors (Lipinski definition) is 1. The first kappa shape index (κ1) is 30.1. The van der Waals surface area contributed by atoms with Gasteiger partial charge in [-0.15, -0.1) is 21.5 Å². The largest absolute Gasteiger partial charge is 0.483 e. The number of fused-ring (bicyclic) bond motifs is 1. The van der Waals surface area contributed by atoms with E-state index in [2.05, 4.69) is 55.3 Å². The number of amides is 1. The van der Waals surface area contributed by atoms with Crippen LogP contribution >= 0.6 is 23.1 Å². The molecule has 1 aliphatic carbocycles. The lowest BCUT2D eigenvalue weighted by Crippen LogP contribution is -2.18. The Hall–Kier alpha value is -2.85. The van der Waals surface area contributed by atoms with Crippen molar-refractivity contribution in [2.45, 2.75) is 90.9 Å². The zero-order valence-electron chi connectivity index (χ0n) is 24.5. The molecule has 0 saturated carbocycles. The number of benzene rings is 1. The number of thioether (sulfide) groups is 1. The number of nitrogens with zero attached hydrogens (tertiary/aromatic N) is 3. The SMILES string of the molecule is CCOC(=O)c1c(NC(=O)CSc2nnc(C(C)Oc3ccc(C(C)(C)C)cc3)n2CC)sc2c1CCC(C)C2. The van der Waals surface area contributed by atoms with E-state index in [1.54, 1.807) is 6.92 Å². The van der Waals surface area contributed by atoms with Crippen LogP contribution in [0.1, 0.15) is 93.2 Å². The highest BCUT2D eigenvalue weighted by atomic mass is 32.2. The van der Waals surface area contributed by atoms with Gasteiger partial charge in [0, 0.05) is 11.4 Å². The Balaban J connectivity index is 1.42. The number of carbonyl (C=O) groups excluding carboxylic acids is 2.